The number of amides is 1. The summed E-state index contributed by atoms with van der Waals surface area (Å²) in [5.41, 5.74) is 4.05. The standard InChI is InChI=1S/C24H26N6O2/c1-16(30-23(31)15-18-5-4-6-21(18)28-30)24(32)25-19-9-7-17(8-10-19)20-11-12-22(27-26-20)29-13-2-3-14-29/h7-12,15-16H,2-6,13-14H2,1H3,(H,25,32). The second-order valence-corrected chi connectivity index (χ2v) is 8.47. The van der Waals surface area contributed by atoms with Gasteiger partial charge in [-0.2, -0.15) is 5.10 Å². The van der Waals surface area contributed by atoms with Crippen LogP contribution in [0.4, 0.5) is 11.5 Å². The zero-order valence-electron chi connectivity index (χ0n) is 18.1. The van der Waals surface area contributed by atoms with Crippen molar-refractivity contribution in [2.24, 2.45) is 0 Å². The Balaban J connectivity index is 1.26. The van der Waals surface area contributed by atoms with E-state index in [1.165, 1.54) is 17.5 Å². The Morgan fingerprint density at radius 3 is 2.50 bits per heavy atom. The smallest absolute Gasteiger partial charge is 0.267 e. The number of aryl methyl sites for hydroxylation is 2. The van der Waals surface area contributed by atoms with Gasteiger partial charge in [0.15, 0.2) is 5.82 Å². The van der Waals surface area contributed by atoms with Gasteiger partial charge in [0.05, 0.1) is 11.4 Å². The molecule has 0 bridgehead atoms. The molecule has 1 fully saturated rings. The van der Waals surface area contributed by atoms with Gasteiger partial charge in [-0.1, -0.05) is 12.1 Å². The fourth-order valence-corrected chi connectivity index (χ4v) is 4.37. The first-order chi connectivity index (χ1) is 15.6. The molecule has 1 aliphatic heterocycles. The first-order valence-corrected chi connectivity index (χ1v) is 11.2. The van der Waals surface area contributed by atoms with Gasteiger partial charge in [0.2, 0.25) is 5.91 Å². The van der Waals surface area contributed by atoms with E-state index in [1.54, 1.807) is 13.0 Å². The van der Waals surface area contributed by atoms with E-state index >= 15 is 0 Å². The molecular formula is C24H26N6O2. The van der Waals surface area contributed by atoms with Gasteiger partial charge in [-0.05, 0) is 68.9 Å². The van der Waals surface area contributed by atoms with Crippen LogP contribution in [-0.4, -0.2) is 39.0 Å². The van der Waals surface area contributed by atoms with Gasteiger partial charge >= 0.3 is 0 Å². The number of carbonyl (C=O) groups excluding carboxylic acids is 1. The quantitative estimate of drug-likeness (QED) is 0.669. The number of hydrogen-bond acceptors (Lipinski definition) is 6. The molecule has 3 aromatic rings. The molecule has 1 unspecified atom stereocenters. The summed E-state index contributed by atoms with van der Waals surface area (Å²) in [5, 5.41) is 16.0. The van der Waals surface area contributed by atoms with E-state index < -0.39 is 6.04 Å². The molecule has 1 atom stereocenters. The fourth-order valence-electron chi connectivity index (χ4n) is 4.37. The van der Waals surface area contributed by atoms with Crippen LogP contribution in [0, 0.1) is 0 Å². The molecular weight excluding hydrogens is 404 g/mol. The van der Waals surface area contributed by atoms with Gasteiger partial charge in [0, 0.05) is 30.4 Å². The summed E-state index contributed by atoms with van der Waals surface area (Å²) < 4.78 is 1.28. The largest absolute Gasteiger partial charge is 0.355 e. The van der Waals surface area contributed by atoms with E-state index in [-0.39, 0.29) is 11.5 Å². The van der Waals surface area contributed by atoms with Crippen molar-refractivity contribution < 1.29 is 4.79 Å². The topological polar surface area (TPSA) is 93.0 Å². The van der Waals surface area contributed by atoms with Crippen LogP contribution >= 0.6 is 0 Å². The van der Waals surface area contributed by atoms with Crippen LogP contribution < -0.4 is 15.8 Å². The van der Waals surface area contributed by atoms with Gasteiger partial charge < -0.3 is 10.2 Å². The predicted molar refractivity (Wildman–Crippen MR) is 123 cm³/mol. The molecule has 0 spiro atoms. The molecule has 0 saturated carbocycles. The summed E-state index contributed by atoms with van der Waals surface area (Å²) in [5.74, 6) is 0.639. The Morgan fingerprint density at radius 1 is 1.00 bits per heavy atom. The third kappa shape index (κ3) is 4.00. The number of nitrogens with zero attached hydrogens (tertiary/aromatic N) is 5. The lowest BCUT2D eigenvalue weighted by Crippen LogP contribution is -2.33. The van der Waals surface area contributed by atoms with Crippen molar-refractivity contribution in [1.82, 2.24) is 20.0 Å². The van der Waals surface area contributed by atoms with E-state index in [1.807, 2.05) is 36.4 Å². The minimum absolute atomic E-state index is 0.236. The summed E-state index contributed by atoms with van der Waals surface area (Å²) in [4.78, 5) is 27.4. The normalized spacial score (nSPS) is 16.1. The SMILES string of the molecule is CC(C(=O)Nc1ccc(-c2ccc(N3CCCC3)nn2)cc1)n1nc2c(cc1=O)CCC2. The number of hydrogen-bond donors (Lipinski definition) is 1. The number of rotatable bonds is 5. The molecule has 1 aromatic carbocycles. The zero-order chi connectivity index (χ0) is 22.1. The third-order valence-electron chi connectivity index (χ3n) is 6.26. The highest BCUT2D eigenvalue weighted by Crippen LogP contribution is 2.23. The Kier molecular flexibility index (Phi) is 5.43. The maximum Gasteiger partial charge on any atom is 0.267 e. The summed E-state index contributed by atoms with van der Waals surface area (Å²) in [6, 6.07) is 12.4. The first-order valence-electron chi connectivity index (χ1n) is 11.2. The van der Waals surface area contributed by atoms with E-state index in [0.29, 0.717) is 5.69 Å². The Labute approximate surface area is 186 Å². The monoisotopic (exact) mass is 430 g/mol. The molecule has 2 aliphatic rings. The summed E-state index contributed by atoms with van der Waals surface area (Å²) >= 11 is 0. The molecule has 0 radical (unpaired) electrons. The minimum Gasteiger partial charge on any atom is -0.355 e. The van der Waals surface area contributed by atoms with Crippen LogP contribution in [0.5, 0.6) is 0 Å². The van der Waals surface area contributed by atoms with Crippen LogP contribution in [0.15, 0.2) is 47.3 Å². The lowest BCUT2D eigenvalue weighted by Gasteiger charge is -2.16. The fraction of sp³-hybridized carbons (Fsp3) is 0.375. The average molecular weight is 431 g/mol. The molecule has 32 heavy (non-hydrogen) atoms. The van der Waals surface area contributed by atoms with Crippen LogP contribution in [-0.2, 0) is 17.6 Å². The molecule has 2 aromatic heterocycles. The number of anilines is 2. The number of aromatic nitrogens is 4. The van der Waals surface area contributed by atoms with Gasteiger partial charge in [-0.25, -0.2) is 4.68 Å². The molecule has 8 heteroatoms. The Morgan fingerprint density at radius 2 is 1.78 bits per heavy atom. The molecule has 1 aliphatic carbocycles. The van der Waals surface area contributed by atoms with E-state index in [4.69, 9.17) is 0 Å². The van der Waals surface area contributed by atoms with Crippen LogP contribution in [0.25, 0.3) is 11.3 Å². The molecule has 164 valence electrons. The van der Waals surface area contributed by atoms with Crippen LogP contribution in [0.2, 0.25) is 0 Å². The molecule has 1 N–H and O–H groups in total. The van der Waals surface area contributed by atoms with Gasteiger partial charge in [-0.15, -0.1) is 10.2 Å². The minimum atomic E-state index is -0.697. The maximum absolute atomic E-state index is 12.7. The maximum atomic E-state index is 12.7. The molecule has 3 heterocycles. The highest BCUT2D eigenvalue weighted by atomic mass is 16.2. The Bertz CT molecular complexity index is 1180. The zero-order valence-corrected chi connectivity index (χ0v) is 18.1. The lowest BCUT2D eigenvalue weighted by atomic mass is 10.1. The van der Waals surface area contributed by atoms with E-state index in [2.05, 4.69) is 25.5 Å². The highest BCUT2D eigenvalue weighted by molar-refractivity contribution is 5.93. The summed E-state index contributed by atoms with van der Waals surface area (Å²) in [7, 11) is 0. The predicted octanol–water partition coefficient (Wildman–Crippen LogP) is 2.99. The van der Waals surface area contributed by atoms with Crippen LogP contribution in [0.1, 0.15) is 43.5 Å². The number of fused-ring (bicyclic) bond motifs is 1. The van der Waals surface area contributed by atoms with Crippen molar-refractivity contribution in [3.05, 3.63) is 64.1 Å². The molecule has 1 saturated heterocycles. The molecule has 5 rings (SSSR count). The van der Waals surface area contributed by atoms with E-state index in [9.17, 15) is 9.59 Å². The van der Waals surface area contributed by atoms with Crippen molar-refractivity contribution in [1.29, 1.82) is 0 Å². The number of nitrogens with one attached hydrogen (secondary N) is 1. The van der Waals surface area contributed by atoms with Crippen molar-refractivity contribution >= 4 is 17.4 Å². The lowest BCUT2D eigenvalue weighted by molar-refractivity contribution is -0.119. The second kappa shape index (κ2) is 8.53. The average Bonchev–Trinajstić information content (AvgIpc) is 3.51. The summed E-state index contributed by atoms with van der Waals surface area (Å²) in [6.45, 7) is 3.76. The van der Waals surface area contributed by atoms with Gasteiger partial charge in [0.25, 0.3) is 5.56 Å². The van der Waals surface area contributed by atoms with Crippen molar-refractivity contribution in [2.45, 2.75) is 45.1 Å². The van der Waals surface area contributed by atoms with Crippen molar-refractivity contribution in [2.75, 3.05) is 23.3 Å². The van der Waals surface area contributed by atoms with Gasteiger partial charge in [-0.3, -0.25) is 9.59 Å². The van der Waals surface area contributed by atoms with Crippen LogP contribution in [0.3, 0.4) is 0 Å². The third-order valence-corrected chi connectivity index (χ3v) is 6.26. The first kappa shape index (κ1) is 20.4. The Hall–Kier alpha value is -3.55. The van der Waals surface area contributed by atoms with Crippen molar-refractivity contribution in [3.8, 4) is 11.3 Å². The molecule has 1 amide bonds. The second-order valence-electron chi connectivity index (χ2n) is 8.47. The number of benzene rings is 1. The summed E-state index contributed by atoms with van der Waals surface area (Å²) in [6.07, 6.45) is 5.15. The highest BCUT2D eigenvalue weighted by Gasteiger charge is 2.21. The molecule has 8 nitrogen and oxygen atoms in total. The van der Waals surface area contributed by atoms with Gasteiger partial charge in [0.1, 0.15) is 6.04 Å². The van der Waals surface area contributed by atoms with E-state index in [0.717, 1.165) is 60.7 Å². The van der Waals surface area contributed by atoms with Crippen molar-refractivity contribution in [3.63, 3.8) is 0 Å². The number of carbonyl (C=O) groups is 1.